The summed E-state index contributed by atoms with van der Waals surface area (Å²) in [5.41, 5.74) is 0. The molecule has 1 aliphatic rings. The molecular formula is C22H32OSi2. The highest BCUT2D eigenvalue weighted by atomic mass is 28.4. The van der Waals surface area contributed by atoms with E-state index >= 15 is 0 Å². The van der Waals surface area contributed by atoms with Crippen LogP contribution in [0.5, 0.6) is 0 Å². The van der Waals surface area contributed by atoms with E-state index < -0.39 is 21.0 Å². The molecule has 25 heavy (non-hydrogen) atoms. The molecule has 0 spiro atoms. The molecular weight excluding hydrogens is 336 g/mol. The van der Waals surface area contributed by atoms with Gasteiger partial charge >= 0.3 is 0 Å². The van der Waals surface area contributed by atoms with Crippen molar-refractivity contribution in [3.8, 4) is 0 Å². The minimum absolute atomic E-state index is 0.441. The van der Waals surface area contributed by atoms with Crippen LogP contribution < -0.4 is 10.4 Å². The molecule has 0 unspecified atom stereocenters. The smallest absolute Gasteiger partial charge is 0.113 e. The highest BCUT2D eigenvalue weighted by Gasteiger charge is 2.61. The average Bonchev–Trinajstić information content (AvgIpc) is 3.17. The monoisotopic (exact) mass is 368 g/mol. The molecule has 1 aliphatic carbocycles. The molecule has 0 bridgehead atoms. The van der Waals surface area contributed by atoms with Crippen LogP contribution in [-0.2, 0) is 0 Å². The van der Waals surface area contributed by atoms with Gasteiger partial charge in [-0.15, -0.1) is 0 Å². The Labute approximate surface area is 155 Å². The fourth-order valence-electron chi connectivity index (χ4n) is 5.30. The minimum atomic E-state index is -2.10. The molecule has 134 valence electrons. The largest absolute Gasteiger partial charge is 0.396 e. The molecule has 0 radical (unpaired) electrons. The third-order valence-corrected chi connectivity index (χ3v) is 18.8. The van der Waals surface area contributed by atoms with Crippen LogP contribution in [0.1, 0.15) is 25.7 Å². The Hall–Kier alpha value is -1.17. The first-order valence-corrected chi connectivity index (χ1v) is 15.7. The second-order valence-corrected chi connectivity index (χ2v) is 18.4. The van der Waals surface area contributed by atoms with E-state index in [1.165, 1.54) is 36.1 Å². The van der Waals surface area contributed by atoms with Crippen LogP contribution in [0.3, 0.4) is 0 Å². The normalized spacial score (nSPS) is 17.0. The van der Waals surface area contributed by atoms with Gasteiger partial charge in [0.25, 0.3) is 0 Å². The van der Waals surface area contributed by atoms with E-state index in [0.717, 1.165) is 0 Å². The van der Waals surface area contributed by atoms with Crippen LogP contribution in [0, 0.1) is 5.92 Å². The zero-order valence-electron chi connectivity index (χ0n) is 16.1. The zero-order valence-corrected chi connectivity index (χ0v) is 18.1. The van der Waals surface area contributed by atoms with Gasteiger partial charge in [-0.1, -0.05) is 110 Å². The standard InChI is InChI=1S/C22H32OSi2/c1-24(2,20-15-7-5-8-16-20)22(23,19-13-11-12-14-19)25(3,4)21-17-9-6-10-18-21/h5-10,15-19,23H,11-14H2,1-4H3. The first kappa shape index (κ1) is 18.6. The van der Waals surface area contributed by atoms with E-state index in [1.807, 2.05) is 0 Å². The maximum atomic E-state index is 12.6. The first-order chi connectivity index (χ1) is 11.8. The van der Waals surface area contributed by atoms with Crippen LogP contribution in [0.25, 0.3) is 0 Å². The quantitative estimate of drug-likeness (QED) is 0.784. The second kappa shape index (κ2) is 6.86. The van der Waals surface area contributed by atoms with Crippen molar-refractivity contribution in [2.75, 3.05) is 0 Å². The Kier molecular flexibility index (Phi) is 5.11. The van der Waals surface area contributed by atoms with Gasteiger partial charge in [-0.2, -0.15) is 0 Å². The topological polar surface area (TPSA) is 20.2 Å². The molecule has 3 rings (SSSR count). The molecule has 1 N–H and O–H groups in total. The van der Waals surface area contributed by atoms with Gasteiger partial charge in [0.05, 0.1) is 4.85 Å². The number of hydrogen-bond acceptors (Lipinski definition) is 1. The minimum Gasteiger partial charge on any atom is -0.396 e. The SMILES string of the molecule is C[Si](C)(c1ccccc1)C(O)(C1CCCC1)[Si](C)(C)c1ccccc1. The summed E-state index contributed by atoms with van der Waals surface area (Å²) in [7, 11) is -4.20. The van der Waals surface area contributed by atoms with E-state index in [9.17, 15) is 5.11 Å². The Morgan fingerprint density at radius 2 is 1.08 bits per heavy atom. The highest BCUT2D eigenvalue weighted by molar-refractivity contribution is 7.09. The van der Waals surface area contributed by atoms with Crippen molar-refractivity contribution in [2.45, 2.75) is 56.7 Å². The molecule has 1 saturated carbocycles. The van der Waals surface area contributed by atoms with Gasteiger partial charge in [0.15, 0.2) is 0 Å². The van der Waals surface area contributed by atoms with E-state index in [-0.39, 0.29) is 0 Å². The molecule has 1 nitrogen and oxygen atoms in total. The van der Waals surface area contributed by atoms with E-state index in [1.54, 1.807) is 0 Å². The summed E-state index contributed by atoms with van der Waals surface area (Å²) in [6.07, 6.45) is 4.91. The fourth-order valence-corrected chi connectivity index (χ4v) is 18.0. The molecule has 0 heterocycles. The summed E-state index contributed by atoms with van der Waals surface area (Å²) in [5, 5.41) is 15.4. The van der Waals surface area contributed by atoms with Crippen LogP contribution in [0.2, 0.25) is 26.2 Å². The van der Waals surface area contributed by atoms with Crippen molar-refractivity contribution in [3.63, 3.8) is 0 Å². The Balaban J connectivity index is 2.17. The maximum absolute atomic E-state index is 12.6. The molecule has 0 saturated heterocycles. The van der Waals surface area contributed by atoms with E-state index in [2.05, 4.69) is 86.9 Å². The Morgan fingerprint density at radius 1 is 0.720 bits per heavy atom. The molecule has 0 amide bonds. The molecule has 0 aromatic heterocycles. The van der Waals surface area contributed by atoms with Crippen LogP contribution >= 0.6 is 0 Å². The van der Waals surface area contributed by atoms with E-state index in [0.29, 0.717) is 5.92 Å². The van der Waals surface area contributed by atoms with E-state index in [4.69, 9.17) is 0 Å². The van der Waals surface area contributed by atoms with Crippen molar-refractivity contribution in [1.82, 2.24) is 0 Å². The number of benzene rings is 2. The van der Waals surface area contributed by atoms with Gasteiger partial charge in [0.2, 0.25) is 0 Å². The number of rotatable bonds is 5. The summed E-state index contributed by atoms with van der Waals surface area (Å²) < 4.78 is 0. The molecule has 2 aromatic carbocycles. The van der Waals surface area contributed by atoms with Crippen molar-refractivity contribution in [1.29, 1.82) is 0 Å². The third kappa shape index (κ3) is 2.96. The van der Waals surface area contributed by atoms with Crippen LogP contribution in [-0.4, -0.2) is 26.1 Å². The summed E-state index contributed by atoms with van der Waals surface area (Å²) in [5.74, 6) is 0.441. The third-order valence-electron chi connectivity index (χ3n) is 6.84. The summed E-state index contributed by atoms with van der Waals surface area (Å²) >= 11 is 0. The van der Waals surface area contributed by atoms with Gasteiger partial charge in [-0.3, -0.25) is 0 Å². The van der Waals surface area contributed by atoms with Crippen molar-refractivity contribution in [2.24, 2.45) is 5.92 Å². The predicted octanol–water partition coefficient (Wildman–Crippen LogP) is 4.22. The lowest BCUT2D eigenvalue weighted by atomic mass is 10.1. The Bertz CT molecular complexity index is 637. The van der Waals surface area contributed by atoms with Gasteiger partial charge in [0.1, 0.15) is 16.1 Å². The number of hydrogen-bond donors (Lipinski definition) is 1. The van der Waals surface area contributed by atoms with Crippen molar-refractivity contribution < 1.29 is 5.11 Å². The lowest BCUT2D eigenvalue weighted by Crippen LogP contribution is -2.79. The summed E-state index contributed by atoms with van der Waals surface area (Å²) in [4.78, 5) is -0.542. The Morgan fingerprint density at radius 3 is 1.44 bits per heavy atom. The average molecular weight is 369 g/mol. The maximum Gasteiger partial charge on any atom is 0.113 e. The lowest BCUT2D eigenvalue weighted by molar-refractivity contribution is 0.124. The van der Waals surface area contributed by atoms with Gasteiger partial charge in [0, 0.05) is 0 Å². The molecule has 2 aromatic rings. The first-order valence-electron chi connectivity index (χ1n) is 9.65. The van der Waals surface area contributed by atoms with Crippen LogP contribution in [0.4, 0.5) is 0 Å². The second-order valence-electron chi connectivity index (χ2n) is 8.73. The highest BCUT2D eigenvalue weighted by Crippen LogP contribution is 2.44. The fraction of sp³-hybridized carbons (Fsp3) is 0.455. The van der Waals surface area contributed by atoms with Crippen LogP contribution in [0.15, 0.2) is 60.7 Å². The number of aliphatic hydroxyl groups is 1. The predicted molar refractivity (Wildman–Crippen MR) is 114 cm³/mol. The van der Waals surface area contributed by atoms with Gasteiger partial charge in [-0.05, 0) is 18.8 Å². The van der Waals surface area contributed by atoms with Crippen molar-refractivity contribution >= 4 is 26.5 Å². The summed E-state index contributed by atoms with van der Waals surface area (Å²) in [6.45, 7) is 9.60. The zero-order chi connectivity index (χ0) is 18.1. The lowest BCUT2D eigenvalue weighted by Gasteiger charge is -2.54. The molecule has 0 aliphatic heterocycles. The molecule has 3 heteroatoms. The molecule has 1 fully saturated rings. The van der Waals surface area contributed by atoms with Crippen molar-refractivity contribution in [3.05, 3.63) is 60.7 Å². The summed E-state index contributed by atoms with van der Waals surface area (Å²) in [6, 6.07) is 21.7. The molecule has 0 atom stereocenters. The van der Waals surface area contributed by atoms with Gasteiger partial charge < -0.3 is 5.11 Å². The van der Waals surface area contributed by atoms with Gasteiger partial charge in [-0.25, -0.2) is 0 Å².